The van der Waals surface area contributed by atoms with E-state index < -0.39 is 0 Å². The number of aryl methyl sites for hydroxylation is 2. The SMILES string of the molecule is Cc1nn(C)c2sc(C(=O)N3CCSCC3C)c(N)c12. The number of carbonyl (C=O) groups is 1. The van der Waals surface area contributed by atoms with Gasteiger partial charge in [0, 0.05) is 31.1 Å². The molecule has 0 radical (unpaired) electrons. The maximum atomic E-state index is 12.7. The van der Waals surface area contributed by atoms with Crippen molar-refractivity contribution < 1.29 is 4.79 Å². The Morgan fingerprint density at radius 1 is 1.50 bits per heavy atom. The van der Waals surface area contributed by atoms with Crippen LogP contribution in [-0.4, -0.2) is 44.7 Å². The quantitative estimate of drug-likeness (QED) is 0.876. The molecule has 0 aromatic carbocycles. The van der Waals surface area contributed by atoms with Crippen LogP contribution in [0.4, 0.5) is 5.69 Å². The number of hydrogen-bond donors (Lipinski definition) is 1. The van der Waals surface area contributed by atoms with Gasteiger partial charge in [0.2, 0.25) is 0 Å². The molecule has 0 saturated carbocycles. The van der Waals surface area contributed by atoms with Gasteiger partial charge in [0.1, 0.15) is 9.71 Å². The average Bonchev–Trinajstić information content (AvgIpc) is 2.89. The summed E-state index contributed by atoms with van der Waals surface area (Å²) in [5, 5.41) is 5.29. The molecule has 0 spiro atoms. The van der Waals surface area contributed by atoms with Gasteiger partial charge in [-0.3, -0.25) is 9.48 Å². The number of fused-ring (bicyclic) bond motifs is 1. The molecule has 5 nitrogen and oxygen atoms in total. The van der Waals surface area contributed by atoms with Gasteiger partial charge in [-0.05, 0) is 13.8 Å². The van der Waals surface area contributed by atoms with Crippen LogP contribution in [0.25, 0.3) is 10.2 Å². The third-order valence-electron chi connectivity index (χ3n) is 3.71. The largest absolute Gasteiger partial charge is 0.397 e. The van der Waals surface area contributed by atoms with Crippen molar-refractivity contribution in [3.63, 3.8) is 0 Å². The Morgan fingerprint density at radius 2 is 2.25 bits per heavy atom. The van der Waals surface area contributed by atoms with Gasteiger partial charge in [-0.1, -0.05) is 0 Å². The fourth-order valence-electron chi connectivity index (χ4n) is 2.65. The van der Waals surface area contributed by atoms with Gasteiger partial charge in [-0.2, -0.15) is 16.9 Å². The first kappa shape index (κ1) is 13.8. The minimum absolute atomic E-state index is 0.0656. The number of rotatable bonds is 1. The topological polar surface area (TPSA) is 64.2 Å². The third-order valence-corrected chi connectivity index (χ3v) is 6.15. The normalized spacial score (nSPS) is 19.8. The highest BCUT2D eigenvalue weighted by Gasteiger charge is 2.29. The molecule has 0 bridgehead atoms. The molecule has 1 aliphatic heterocycles. The van der Waals surface area contributed by atoms with Crippen LogP contribution in [-0.2, 0) is 7.05 Å². The Morgan fingerprint density at radius 3 is 2.90 bits per heavy atom. The number of anilines is 1. The van der Waals surface area contributed by atoms with Crippen LogP contribution in [0.1, 0.15) is 22.3 Å². The lowest BCUT2D eigenvalue weighted by atomic mass is 10.2. The van der Waals surface area contributed by atoms with Gasteiger partial charge in [0.15, 0.2) is 0 Å². The lowest BCUT2D eigenvalue weighted by Crippen LogP contribution is -2.44. The number of carbonyl (C=O) groups excluding carboxylic acids is 1. The van der Waals surface area contributed by atoms with E-state index in [1.807, 2.05) is 30.6 Å². The number of aromatic nitrogens is 2. The second-order valence-corrected chi connectivity index (χ2v) is 7.31. The molecule has 2 aromatic heterocycles. The third kappa shape index (κ3) is 2.00. The number of thiophene rings is 1. The van der Waals surface area contributed by atoms with E-state index in [1.165, 1.54) is 11.3 Å². The lowest BCUT2D eigenvalue weighted by Gasteiger charge is -2.32. The zero-order chi connectivity index (χ0) is 14.4. The number of hydrogen-bond acceptors (Lipinski definition) is 5. The first-order chi connectivity index (χ1) is 9.50. The summed E-state index contributed by atoms with van der Waals surface area (Å²) in [6, 6.07) is 0.269. The number of nitrogens with two attached hydrogens (primary N) is 1. The van der Waals surface area contributed by atoms with Crippen molar-refractivity contribution in [1.29, 1.82) is 0 Å². The maximum absolute atomic E-state index is 12.7. The van der Waals surface area contributed by atoms with Crippen LogP contribution in [0.3, 0.4) is 0 Å². The van der Waals surface area contributed by atoms with E-state index in [0.717, 1.165) is 34.0 Å². The van der Waals surface area contributed by atoms with Crippen LogP contribution in [0.5, 0.6) is 0 Å². The molecule has 1 fully saturated rings. The Balaban J connectivity index is 2.03. The van der Waals surface area contributed by atoms with Crippen LogP contribution in [0.2, 0.25) is 0 Å². The van der Waals surface area contributed by atoms with E-state index >= 15 is 0 Å². The molecule has 1 saturated heterocycles. The molecule has 1 amide bonds. The minimum atomic E-state index is 0.0656. The number of nitrogen functional groups attached to an aromatic ring is 1. The molecule has 3 heterocycles. The first-order valence-electron chi connectivity index (χ1n) is 6.61. The first-order valence-corrected chi connectivity index (χ1v) is 8.58. The van der Waals surface area contributed by atoms with Crippen molar-refractivity contribution in [3.05, 3.63) is 10.6 Å². The van der Waals surface area contributed by atoms with E-state index in [1.54, 1.807) is 4.68 Å². The second kappa shape index (κ2) is 4.96. The Kier molecular flexibility index (Phi) is 3.41. The highest BCUT2D eigenvalue weighted by Crippen LogP contribution is 2.36. The van der Waals surface area contributed by atoms with E-state index in [-0.39, 0.29) is 11.9 Å². The van der Waals surface area contributed by atoms with Crippen molar-refractivity contribution in [2.75, 3.05) is 23.8 Å². The maximum Gasteiger partial charge on any atom is 0.266 e. The number of thioether (sulfide) groups is 1. The summed E-state index contributed by atoms with van der Waals surface area (Å²) in [7, 11) is 1.89. The van der Waals surface area contributed by atoms with Crippen LogP contribution >= 0.6 is 23.1 Å². The highest BCUT2D eigenvalue weighted by atomic mass is 32.2. The summed E-state index contributed by atoms with van der Waals surface area (Å²) in [5.41, 5.74) is 7.69. The molecule has 0 aliphatic carbocycles. The molecule has 3 rings (SSSR count). The van der Waals surface area contributed by atoms with Crippen molar-refractivity contribution >= 4 is 44.9 Å². The van der Waals surface area contributed by atoms with Gasteiger partial charge in [0.25, 0.3) is 5.91 Å². The Labute approximate surface area is 126 Å². The average molecular weight is 310 g/mol. The second-order valence-electron chi connectivity index (χ2n) is 5.16. The fourth-order valence-corrected chi connectivity index (χ4v) is 4.80. The van der Waals surface area contributed by atoms with Crippen molar-refractivity contribution in [3.8, 4) is 0 Å². The Bertz CT molecular complexity index is 676. The molecule has 7 heteroatoms. The predicted molar refractivity (Wildman–Crippen MR) is 85.6 cm³/mol. The van der Waals surface area contributed by atoms with Crippen LogP contribution < -0.4 is 5.73 Å². The van der Waals surface area contributed by atoms with Gasteiger partial charge < -0.3 is 10.6 Å². The Hall–Kier alpha value is -1.21. The molecule has 1 unspecified atom stereocenters. The molecule has 20 heavy (non-hydrogen) atoms. The van der Waals surface area contributed by atoms with Crippen molar-refractivity contribution in [2.24, 2.45) is 7.05 Å². The summed E-state index contributed by atoms with van der Waals surface area (Å²) in [4.78, 5) is 16.3. The predicted octanol–water partition coefficient (Wildman–Crippen LogP) is 2.10. The zero-order valence-electron chi connectivity index (χ0n) is 11.8. The van der Waals surface area contributed by atoms with Crippen LogP contribution in [0.15, 0.2) is 0 Å². The van der Waals surface area contributed by atoms with E-state index in [2.05, 4.69) is 12.0 Å². The van der Waals surface area contributed by atoms with Crippen molar-refractivity contribution in [1.82, 2.24) is 14.7 Å². The molecule has 2 N–H and O–H groups in total. The highest BCUT2D eigenvalue weighted by molar-refractivity contribution is 7.99. The summed E-state index contributed by atoms with van der Waals surface area (Å²) in [5.74, 6) is 2.06. The zero-order valence-corrected chi connectivity index (χ0v) is 13.5. The molecule has 108 valence electrons. The smallest absolute Gasteiger partial charge is 0.266 e. The molecular formula is C13H18N4OS2. The molecule has 1 atom stereocenters. The van der Waals surface area contributed by atoms with Gasteiger partial charge in [-0.25, -0.2) is 0 Å². The summed E-state index contributed by atoms with van der Waals surface area (Å²) in [6.07, 6.45) is 0. The molecular weight excluding hydrogens is 292 g/mol. The van der Waals surface area contributed by atoms with Gasteiger partial charge in [0.05, 0.1) is 16.8 Å². The fraction of sp³-hybridized carbons (Fsp3) is 0.538. The number of amides is 1. The summed E-state index contributed by atoms with van der Waals surface area (Å²) in [6.45, 7) is 4.83. The van der Waals surface area contributed by atoms with E-state index in [9.17, 15) is 4.79 Å². The standard InChI is InChI=1S/C13H18N4OS2/c1-7-6-19-5-4-17(7)12(18)11-10(14)9-8(2)15-16(3)13(9)20-11/h7H,4-6,14H2,1-3H3. The summed E-state index contributed by atoms with van der Waals surface area (Å²) < 4.78 is 1.80. The molecule has 2 aromatic rings. The van der Waals surface area contributed by atoms with Gasteiger partial charge in [-0.15, -0.1) is 11.3 Å². The number of nitrogens with zero attached hydrogens (tertiary/aromatic N) is 3. The van der Waals surface area contributed by atoms with Gasteiger partial charge >= 0.3 is 0 Å². The monoisotopic (exact) mass is 310 g/mol. The van der Waals surface area contributed by atoms with E-state index in [0.29, 0.717) is 10.6 Å². The van der Waals surface area contributed by atoms with Crippen molar-refractivity contribution in [2.45, 2.75) is 19.9 Å². The summed E-state index contributed by atoms with van der Waals surface area (Å²) >= 11 is 3.35. The lowest BCUT2D eigenvalue weighted by molar-refractivity contribution is 0.0722. The molecule has 1 aliphatic rings. The van der Waals surface area contributed by atoms with E-state index in [4.69, 9.17) is 5.73 Å². The minimum Gasteiger partial charge on any atom is -0.397 e. The van der Waals surface area contributed by atoms with Crippen LogP contribution in [0, 0.1) is 6.92 Å².